The fourth-order valence-corrected chi connectivity index (χ4v) is 3.47. The lowest BCUT2D eigenvalue weighted by Gasteiger charge is -2.17. The molecule has 1 aromatic heterocycles. The maximum Gasteiger partial charge on any atom is 0.420 e. The Morgan fingerprint density at radius 2 is 1.91 bits per heavy atom. The van der Waals surface area contributed by atoms with Crippen LogP contribution >= 0.6 is 0 Å². The summed E-state index contributed by atoms with van der Waals surface area (Å²) >= 11 is 0. The van der Waals surface area contributed by atoms with Crippen molar-refractivity contribution in [3.05, 3.63) is 58.6 Å². The Labute approximate surface area is 179 Å². The van der Waals surface area contributed by atoms with E-state index in [2.05, 4.69) is 10.6 Å². The van der Waals surface area contributed by atoms with Crippen LogP contribution in [0.25, 0.3) is 11.1 Å². The van der Waals surface area contributed by atoms with Gasteiger partial charge in [-0.25, -0.2) is 4.79 Å². The van der Waals surface area contributed by atoms with Gasteiger partial charge in [-0.3, -0.25) is 14.2 Å². The van der Waals surface area contributed by atoms with E-state index in [1.54, 1.807) is 18.2 Å². The minimum Gasteiger partial charge on any atom is -0.408 e. The van der Waals surface area contributed by atoms with E-state index in [0.717, 1.165) is 16.7 Å². The molecule has 0 radical (unpaired) electrons. The van der Waals surface area contributed by atoms with Crippen LogP contribution in [0.1, 0.15) is 18.4 Å². The Hall–Kier alpha value is -3.60. The highest BCUT2D eigenvalue weighted by atomic mass is 19.4. The maximum atomic E-state index is 13.6. The van der Waals surface area contributed by atoms with Crippen molar-refractivity contribution in [2.24, 2.45) is 0 Å². The molecule has 11 heteroatoms. The van der Waals surface area contributed by atoms with Crippen LogP contribution in [-0.2, 0) is 27.0 Å². The lowest BCUT2D eigenvalue weighted by Crippen LogP contribution is -2.27. The predicted molar refractivity (Wildman–Crippen MR) is 108 cm³/mol. The summed E-state index contributed by atoms with van der Waals surface area (Å²) in [6.07, 6.45) is -4.31. The van der Waals surface area contributed by atoms with Crippen LogP contribution in [0.4, 0.5) is 24.5 Å². The second-order valence-electron chi connectivity index (χ2n) is 7.22. The number of nitrogens with one attached hydrogen (secondary N) is 2. The van der Waals surface area contributed by atoms with Crippen LogP contribution in [-0.4, -0.2) is 29.1 Å². The van der Waals surface area contributed by atoms with Gasteiger partial charge in [0.15, 0.2) is 5.58 Å². The van der Waals surface area contributed by atoms with Gasteiger partial charge in [0.2, 0.25) is 5.91 Å². The number of alkyl halides is 3. The number of carbonyl (C=O) groups is 2. The quantitative estimate of drug-likeness (QED) is 0.622. The SMILES string of the molecule is O=C(Cn1c(=O)oc2ccccc21)Nc1ccc(NC(=O)C2CCCO2)cc1C(F)(F)F. The summed E-state index contributed by atoms with van der Waals surface area (Å²) in [5.41, 5.74) is -1.12. The van der Waals surface area contributed by atoms with E-state index >= 15 is 0 Å². The molecule has 1 aliphatic heterocycles. The number of ether oxygens (including phenoxy) is 1. The number of hydrogen-bond donors (Lipinski definition) is 2. The van der Waals surface area contributed by atoms with Crippen LogP contribution < -0.4 is 16.4 Å². The van der Waals surface area contributed by atoms with Gasteiger partial charge in [0.1, 0.15) is 12.6 Å². The van der Waals surface area contributed by atoms with Gasteiger partial charge < -0.3 is 19.8 Å². The molecule has 2 N–H and O–H groups in total. The molecule has 0 bridgehead atoms. The average molecular weight is 449 g/mol. The standard InChI is InChI=1S/C21H18F3N3O5/c22-21(23,24)13-10-12(25-19(29)17-6-3-9-31-17)7-8-14(13)26-18(28)11-27-15-4-1-2-5-16(15)32-20(27)30/h1-2,4-5,7-8,10,17H,3,6,9,11H2,(H,25,29)(H,26,28). The first-order valence-electron chi connectivity index (χ1n) is 9.74. The van der Waals surface area contributed by atoms with Crippen molar-refractivity contribution < 1.29 is 31.9 Å². The van der Waals surface area contributed by atoms with Crippen LogP contribution in [0.2, 0.25) is 0 Å². The molecule has 1 atom stereocenters. The minimum atomic E-state index is -4.80. The number of anilines is 2. The summed E-state index contributed by atoms with van der Waals surface area (Å²) in [4.78, 5) is 36.5. The zero-order chi connectivity index (χ0) is 22.9. The molecule has 0 saturated carbocycles. The second kappa shape index (κ2) is 8.50. The number of benzene rings is 2. The van der Waals surface area contributed by atoms with Gasteiger partial charge in [-0.05, 0) is 43.2 Å². The van der Waals surface area contributed by atoms with Crippen molar-refractivity contribution in [2.45, 2.75) is 31.7 Å². The molecular weight excluding hydrogens is 431 g/mol. The molecule has 1 fully saturated rings. The van der Waals surface area contributed by atoms with Crippen molar-refractivity contribution in [1.29, 1.82) is 0 Å². The number of oxazole rings is 1. The van der Waals surface area contributed by atoms with Crippen LogP contribution in [0.15, 0.2) is 51.7 Å². The minimum absolute atomic E-state index is 0.0760. The molecule has 3 aromatic rings. The summed E-state index contributed by atoms with van der Waals surface area (Å²) in [6.45, 7) is -0.115. The number of carbonyl (C=O) groups excluding carboxylic acids is 2. The molecule has 168 valence electrons. The number of rotatable bonds is 5. The van der Waals surface area contributed by atoms with Gasteiger partial charge in [-0.1, -0.05) is 12.1 Å². The number of para-hydroxylation sites is 2. The number of amides is 2. The third kappa shape index (κ3) is 4.52. The Kier molecular flexibility index (Phi) is 5.74. The zero-order valence-corrected chi connectivity index (χ0v) is 16.6. The molecule has 1 unspecified atom stereocenters. The highest BCUT2D eigenvalue weighted by molar-refractivity contribution is 5.96. The fourth-order valence-electron chi connectivity index (χ4n) is 3.47. The van der Waals surface area contributed by atoms with Crippen molar-refractivity contribution in [1.82, 2.24) is 4.57 Å². The molecule has 32 heavy (non-hydrogen) atoms. The van der Waals surface area contributed by atoms with Gasteiger partial charge in [-0.2, -0.15) is 13.2 Å². The number of fused-ring (bicyclic) bond motifs is 1. The molecule has 1 aliphatic rings. The topological polar surface area (TPSA) is 103 Å². The first-order valence-corrected chi connectivity index (χ1v) is 9.74. The number of halogens is 3. The molecule has 2 aromatic carbocycles. The Balaban J connectivity index is 1.54. The Morgan fingerprint density at radius 1 is 1.12 bits per heavy atom. The van der Waals surface area contributed by atoms with Crippen LogP contribution in [0.3, 0.4) is 0 Å². The number of nitrogens with zero attached hydrogens (tertiary/aromatic N) is 1. The summed E-state index contributed by atoms with van der Waals surface area (Å²) < 4.78 is 52.1. The van der Waals surface area contributed by atoms with Gasteiger partial charge in [-0.15, -0.1) is 0 Å². The molecule has 2 amide bonds. The highest BCUT2D eigenvalue weighted by Crippen LogP contribution is 2.36. The summed E-state index contributed by atoms with van der Waals surface area (Å²) in [6, 6.07) is 9.40. The molecule has 4 rings (SSSR count). The van der Waals surface area contributed by atoms with Crippen molar-refractivity contribution in [3.8, 4) is 0 Å². The largest absolute Gasteiger partial charge is 0.420 e. The van der Waals surface area contributed by atoms with E-state index in [0.29, 0.717) is 25.0 Å². The number of hydrogen-bond acceptors (Lipinski definition) is 5. The summed E-state index contributed by atoms with van der Waals surface area (Å²) in [7, 11) is 0. The Bertz CT molecular complexity index is 1230. The second-order valence-corrected chi connectivity index (χ2v) is 7.22. The fraction of sp³-hybridized carbons (Fsp3) is 0.286. The zero-order valence-electron chi connectivity index (χ0n) is 16.6. The Morgan fingerprint density at radius 3 is 2.62 bits per heavy atom. The van der Waals surface area contributed by atoms with E-state index in [9.17, 15) is 27.6 Å². The maximum absolute atomic E-state index is 13.6. The van der Waals surface area contributed by atoms with E-state index in [-0.39, 0.29) is 11.3 Å². The van der Waals surface area contributed by atoms with E-state index in [1.165, 1.54) is 12.1 Å². The van der Waals surface area contributed by atoms with E-state index in [4.69, 9.17) is 9.15 Å². The average Bonchev–Trinajstić information content (AvgIpc) is 3.37. The third-order valence-corrected chi connectivity index (χ3v) is 4.96. The monoisotopic (exact) mass is 449 g/mol. The lowest BCUT2D eigenvalue weighted by molar-refractivity contribution is -0.137. The first kappa shape index (κ1) is 21.6. The smallest absolute Gasteiger partial charge is 0.408 e. The molecule has 0 aliphatic carbocycles. The van der Waals surface area contributed by atoms with Crippen LogP contribution in [0, 0.1) is 0 Å². The summed E-state index contributed by atoms with van der Waals surface area (Å²) in [5.74, 6) is -2.18. The van der Waals surface area contributed by atoms with Crippen molar-refractivity contribution >= 4 is 34.3 Å². The van der Waals surface area contributed by atoms with Gasteiger partial charge in [0.25, 0.3) is 5.91 Å². The molecular formula is C21H18F3N3O5. The predicted octanol–water partition coefficient (Wildman–Crippen LogP) is 3.37. The molecule has 1 saturated heterocycles. The van der Waals surface area contributed by atoms with Gasteiger partial charge >= 0.3 is 11.9 Å². The normalized spacial score (nSPS) is 16.3. The highest BCUT2D eigenvalue weighted by Gasteiger charge is 2.35. The molecule has 0 spiro atoms. The van der Waals surface area contributed by atoms with Crippen LogP contribution in [0.5, 0.6) is 0 Å². The van der Waals surface area contributed by atoms with Gasteiger partial charge in [0.05, 0.1) is 16.8 Å². The van der Waals surface area contributed by atoms with Crippen molar-refractivity contribution in [3.63, 3.8) is 0 Å². The molecule has 8 nitrogen and oxygen atoms in total. The first-order chi connectivity index (χ1) is 15.2. The molecule has 2 heterocycles. The summed E-state index contributed by atoms with van der Waals surface area (Å²) in [5, 5.41) is 4.59. The van der Waals surface area contributed by atoms with E-state index in [1.807, 2.05) is 0 Å². The third-order valence-electron chi connectivity index (χ3n) is 4.96. The van der Waals surface area contributed by atoms with Gasteiger partial charge in [0, 0.05) is 12.3 Å². The van der Waals surface area contributed by atoms with Crippen molar-refractivity contribution in [2.75, 3.05) is 17.2 Å². The van der Waals surface area contributed by atoms with E-state index < -0.39 is 47.6 Å². The number of aromatic nitrogens is 1. The lowest BCUT2D eigenvalue weighted by atomic mass is 10.1.